The largest absolute Gasteiger partial charge is 0.460 e. The lowest BCUT2D eigenvalue weighted by molar-refractivity contribution is -0.384. The number of nitrogens with one attached hydrogen (secondary N) is 1. The summed E-state index contributed by atoms with van der Waals surface area (Å²) in [4.78, 5) is 33.6. The summed E-state index contributed by atoms with van der Waals surface area (Å²) in [6.07, 6.45) is 0. The van der Waals surface area contributed by atoms with Crippen molar-refractivity contribution in [3.8, 4) is 0 Å². The molecule has 130 valence electrons. The number of hydrogen-bond acceptors (Lipinski definition) is 5. The summed E-state index contributed by atoms with van der Waals surface area (Å²) in [5.41, 5.74) is 0.802. The van der Waals surface area contributed by atoms with Crippen molar-refractivity contribution in [3.63, 3.8) is 0 Å². The molecular weight excluding hydrogens is 371 g/mol. The van der Waals surface area contributed by atoms with Crippen LogP contribution in [0.4, 0.5) is 5.69 Å². The van der Waals surface area contributed by atoms with Crippen molar-refractivity contribution in [1.82, 2.24) is 5.32 Å². The number of carbonyl (C=O) groups is 2. The number of halogens is 2. The zero-order valence-electron chi connectivity index (χ0n) is 12.7. The molecule has 0 aliphatic heterocycles. The van der Waals surface area contributed by atoms with Crippen LogP contribution in [-0.2, 0) is 16.1 Å². The molecule has 0 aromatic heterocycles. The fourth-order valence-corrected chi connectivity index (χ4v) is 2.12. The first-order chi connectivity index (χ1) is 11.9. The van der Waals surface area contributed by atoms with Gasteiger partial charge < -0.3 is 10.1 Å². The zero-order valence-corrected chi connectivity index (χ0v) is 14.2. The van der Waals surface area contributed by atoms with Crippen molar-refractivity contribution >= 4 is 40.8 Å². The minimum Gasteiger partial charge on any atom is -0.460 e. The van der Waals surface area contributed by atoms with Crippen LogP contribution in [0.15, 0.2) is 42.5 Å². The molecule has 0 bridgehead atoms. The van der Waals surface area contributed by atoms with Gasteiger partial charge in [0.15, 0.2) is 0 Å². The molecule has 0 saturated carbocycles. The topological polar surface area (TPSA) is 98.5 Å². The molecule has 0 radical (unpaired) electrons. The van der Waals surface area contributed by atoms with Crippen molar-refractivity contribution in [2.75, 3.05) is 6.54 Å². The average molecular weight is 383 g/mol. The molecular formula is C16H12Cl2N2O5. The van der Waals surface area contributed by atoms with Gasteiger partial charge in [-0.3, -0.25) is 19.7 Å². The van der Waals surface area contributed by atoms with E-state index in [2.05, 4.69) is 5.32 Å². The Morgan fingerprint density at radius 1 is 1.08 bits per heavy atom. The highest BCUT2D eigenvalue weighted by molar-refractivity contribution is 6.42. The van der Waals surface area contributed by atoms with Gasteiger partial charge in [-0.1, -0.05) is 23.2 Å². The van der Waals surface area contributed by atoms with Crippen molar-refractivity contribution < 1.29 is 19.2 Å². The molecule has 25 heavy (non-hydrogen) atoms. The second kappa shape index (κ2) is 8.46. The molecule has 0 aliphatic rings. The van der Waals surface area contributed by atoms with Crippen molar-refractivity contribution in [2.45, 2.75) is 6.61 Å². The lowest BCUT2D eigenvalue weighted by Gasteiger charge is -2.07. The van der Waals surface area contributed by atoms with Crippen LogP contribution >= 0.6 is 23.2 Å². The summed E-state index contributed by atoms with van der Waals surface area (Å²) >= 11 is 11.6. The van der Waals surface area contributed by atoms with Crippen LogP contribution in [0.2, 0.25) is 10.0 Å². The monoisotopic (exact) mass is 382 g/mol. The highest BCUT2D eigenvalue weighted by atomic mass is 35.5. The fraction of sp³-hybridized carbons (Fsp3) is 0.125. The van der Waals surface area contributed by atoms with Crippen LogP contribution in [-0.4, -0.2) is 23.3 Å². The molecule has 2 aromatic rings. The van der Waals surface area contributed by atoms with E-state index in [4.69, 9.17) is 27.9 Å². The van der Waals surface area contributed by atoms with Crippen molar-refractivity contribution in [2.24, 2.45) is 0 Å². The number of nitro groups is 1. The summed E-state index contributed by atoms with van der Waals surface area (Å²) < 4.78 is 4.99. The van der Waals surface area contributed by atoms with Crippen molar-refractivity contribution in [1.29, 1.82) is 0 Å². The third-order valence-electron chi connectivity index (χ3n) is 3.12. The van der Waals surface area contributed by atoms with Crippen LogP contribution in [0.5, 0.6) is 0 Å². The molecule has 2 aromatic carbocycles. The number of nitro benzene ring substituents is 1. The van der Waals surface area contributed by atoms with E-state index < -0.39 is 16.8 Å². The molecule has 2 rings (SSSR count). The summed E-state index contributed by atoms with van der Waals surface area (Å²) in [6, 6.07) is 9.95. The van der Waals surface area contributed by atoms with Gasteiger partial charge in [-0.15, -0.1) is 0 Å². The normalized spacial score (nSPS) is 10.2. The summed E-state index contributed by atoms with van der Waals surface area (Å²) in [5.74, 6) is -1.14. The van der Waals surface area contributed by atoms with E-state index in [0.29, 0.717) is 10.6 Å². The van der Waals surface area contributed by atoms with Gasteiger partial charge in [-0.25, -0.2) is 0 Å². The number of amides is 1. The van der Waals surface area contributed by atoms with Crippen molar-refractivity contribution in [3.05, 3.63) is 73.8 Å². The van der Waals surface area contributed by atoms with Crippen LogP contribution in [0.1, 0.15) is 15.9 Å². The van der Waals surface area contributed by atoms with Gasteiger partial charge in [-0.2, -0.15) is 0 Å². The van der Waals surface area contributed by atoms with E-state index in [1.165, 1.54) is 42.5 Å². The van der Waals surface area contributed by atoms with Gasteiger partial charge in [0.25, 0.3) is 11.6 Å². The maximum Gasteiger partial charge on any atom is 0.325 e. The van der Waals surface area contributed by atoms with Gasteiger partial charge in [0, 0.05) is 17.7 Å². The fourth-order valence-electron chi connectivity index (χ4n) is 1.82. The van der Waals surface area contributed by atoms with Gasteiger partial charge in [0.05, 0.1) is 15.0 Å². The van der Waals surface area contributed by atoms with E-state index in [1.807, 2.05) is 0 Å². The predicted molar refractivity (Wildman–Crippen MR) is 91.7 cm³/mol. The second-order valence-electron chi connectivity index (χ2n) is 4.90. The Balaban J connectivity index is 1.81. The highest BCUT2D eigenvalue weighted by Crippen LogP contribution is 2.22. The summed E-state index contributed by atoms with van der Waals surface area (Å²) in [7, 11) is 0. The van der Waals surface area contributed by atoms with Crippen LogP contribution < -0.4 is 5.32 Å². The average Bonchev–Trinajstić information content (AvgIpc) is 2.60. The quantitative estimate of drug-likeness (QED) is 0.469. The first-order valence-electron chi connectivity index (χ1n) is 6.99. The minimum atomic E-state index is -0.647. The zero-order chi connectivity index (χ0) is 18.4. The smallest absolute Gasteiger partial charge is 0.325 e. The minimum absolute atomic E-state index is 0.0519. The molecule has 0 spiro atoms. The van der Waals surface area contributed by atoms with Crippen LogP contribution in [0.25, 0.3) is 0 Å². The highest BCUT2D eigenvalue weighted by Gasteiger charge is 2.11. The number of non-ortho nitro benzene ring substituents is 1. The Kier molecular flexibility index (Phi) is 6.32. The van der Waals surface area contributed by atoms with E-state index >= 15 is 0 Å². The van der Waals surface area contributed by atoms with Gasteiger partial charge >= 0.3 is 5.97 Å². The maximum absolute atomic E-state index is 11.9. The van der Waals surface area contributed by atoms with E-state index in [-0.39, 0.29) is 29.4 Å². The number of hydrogen-bond donors (Lipinski definition) is 1. The molecule has 0 fully saturated rings. The molecule has 0 saturated heterocycles. The number of benzene rings is 2. The van der Waals surface area contributed by atoms with Gasteiger partial charge in [-0.05, 0) is 35.9 Å². The van der Waals surface area contributed by atoms with E-state index in [1.54, 1.807) is 0 Å². The van der Waals surface area contributed by atoms with Gasteiger partial charge in [0.2, 0.25) is 0 Å². The standard InChI is InChI=1S/C16H12Cl2N2O5/c17-13-6-3-11(7-14(13)18)16(22)19-8-15(21)25-9-10-1-4-12(5-2-10)20(23)24/h1-7H,8-9H2,(H,19,22). The molecule has 7 nitrogen and oxygen atoms in total. The van der Waals surface area contributed by atoms with Crippen LogP contribution in [0, 0.1) is 10.1 Å². The molecule has 0 unspecified atom stereocenters. The Morgan fingerprint density at radius 3 is 2.36 bits per heavy atom. The Morgan fingerprint density at radius 2 is 1.76 bits per heavy atom. The number of rotatable bonds is 6. The number of carbonyl (C=O) groups excluding carboxylic acids is 2. The first kappa shape index (κ1) is 18.7. The molecule has 0 aliphatic carbocycles. The third kappa shape index (κ3) is 5.44. The third-order valence-corrected chi connectivity index (χ3v) is 3.86. The molecule has 1 N–H and O–H groups in total. The molecule has 0 atom stereocenters. The maximum atomic E-state index is 11.9. The lowest BCUT2D eigenvalue weighted by Crippen LogP contribution is -2.30. The van der Waals surface area contributed by atoms with E-state index in [0.717, 1.165) is 0 Å². The Bertz CT molecular complexity index is 809. The van der Waals surface area contributed by atoms with E-state index in [9.17, 15) is 19.7 Å². The molecule has 1 amide bonds. The number of ether oxygens (including phenoxy) is 1. The number of esters is 1. The SMILES string of the molecule is O=C(CNC(=O)c1ccc(Cl)c(Cl)c1)OCc1ccc([N+](=O)[O-])cc1. The lowest BCUT2D eigenvalue weighted by atomic mass is 10.2. The Labute approximate surface area is 152 Å². The predicted octanol–water partition coefficient (Wildman–Crippen LogP) is 3.37. The first-order valence-corrected chi connectivity index (χ1v) is 7.74. The van der Waals surface area contributed by atoms with Gasteiger partial charge in [0.1, 0.15) is 13.2 Å². The molecule has 9 heteroatoms. The summed E-state index contributed by atoms with van der Waals surface area (Å²) in [5, 5.41) is 13.5. The summed E-state index contributed by atoms with van der Waals surface area (Å²) in [6.45, 7) is -0.383. The molecule has 0 heterocycles. The Hall–Kier alpha value is -2.64. The van der Waals surface area contributed by atoms with Crippen LogP contribution in [0.3, 0.4) is 0 Å². The number of nitrogens with zero attached hydrogens (tertiary/aromatic N) is 1. The second-order valence-corrected chi connectivity index (χ2v) is 5.71.